The van der Waals surface area contributed by atoms with Crippen molar-refractivity contribution in [1.82, 2.24) is 4.90 Å². The van der Waals surface area contributed by atoms with Gasteiger partial charge in [-0.05, 0) is 41.3 Å². The molecule has 4 rings (SSSR count). The average Bonchev–Trinajstić information content (AvgIpc) is 3.22. The van der Waals surface area contributed by atoms with Crippen LogP contribution in [-0.2, 0) is 24.4 Å². The fourth-order valence-corrected chi connectivity index (χ4v) is 4.89. The van der Waals surface area contributed by atoms with Crippen molar-refractivity contribution in [3.63, 3.8) is 0 Å². The molecule has 0 bridgehead atoms. The van der Waals surface area contributed by atoms with Gasteiger partial charge in [-0.15, -0.1) is 11.8 Å². The van der Waals surface area contributed by atoms with Crippen LogP contribution in [0.1, 0.15) is 16.7 Å². The molecule has 0 saturated carbocycles. The third-order valence-corrected chi connectivity index (χ3v) is 6.49. The number of rotatable bonds is 7. The first-order valence-corrected chi connectivity index (χ1v) is 10.8. The lowest BCUT2D eigenvalue weighted by Gasteiger charge is -2.21. The molecule has 30 heavy (non-hydrogen) atoms. The molecule has 0 N–H and O–H groups in total. The van der Waals surface area contributed by atoms with Crippen LogP contribution in [-0.4, -0.2) is 30.2 Å². The average molecular weight is 420 g/mol. The number of fused-ring (bicyclic) bond motifs is 1. The molecule has 1 aliphatic heterocycles. The van der Waals surface area contributed by atoms with Gasteiger partial charge in [0, 0.05) is 18.5 Å². The van der Waals surface area contributed by atoms with Crippen LogP contribution in [0, 0.1) is 0 Å². The lowest BCUT2D eigenvalue weighted by molar-refractivity contribution is -0.129. The van der Waals surface area contributed by atoms with Crippen molar-refractivity contribution >= 4 is 17.7 Å². The van der Waals surface area contributed by atoms with Crippen molar-refractivity contribution in [3.8, 4) is 11.5 Å². The van der Waals surface area contributed by atoms with Crippen molar-refractivity contribution in [3.05, 3.63) is 89.5 Å². The van der Waals surface area contributed by atoms with Crippen LogP contribution in [0.5, 0.6) is 11.5 Å². The van der Waals surface area contributed by atoms with Crippen LogP contribution in [0.25, 0.3) is 0 Å². The Balaban J connectivity index is 1.38. The summed E-state index contributed by atoms with van der Waals surface area (Å²) in [7, 11) is 3.49. The number of hydrogen-bond donors (Lipinski definition) is 0. The lowest BCUT2D eigenvalue weighted by Crippen LogP contribution is -2.34. The van der Waals surface area contributed by atoms with E-state index in [4.69, 9.17) is 9.47 Å². The van der Waals surface area contributed by atoms with Gasteiger partial charge in [-0.1, -0.05) is 54.6 Å². The number of methoxy groups -OCH3 is 1. The second-order valence-electron chi connectivity index (χ2n) is 7.37. The monoisotopic (exact) mass is 419 g/mol. The van der Waals surface area contributed by atoms with Gasteiger partial charge in [0.25, 0.3) is 0 Å². The Kier molecular flexibility index (Phi) is 6.29. The maximum Gasteiger partial charge on any atom is 0.236 e. The van der Waals surface area contributed by atoms with Gasteiger partial charge in [-0.2, -0.15) is 0 Å². The van der Waals surface area contributed by atoms with Crippen LogP contribution in [0.3, 0.4) is 0 Å². The Morgan fingerprint density at radius 3 is 2.53 bits per heavy atom. The van der Waals surface area contributed by atoms with Crippen molar-refractivity contribution < 1.29 is 14.3 Å². The molecule has 0 spiro atoms. The molecule has 1 heterocycles. The highest BCUT2D eigenvalue weighted by molar-refractivity contribution is 8.01. The second kappa shape index (κ2) is 9.26. The third-order valence-electron chi connectivity index (χ3n) is 5.18. The van der Waals surface area contributed by atoms with Crippen LogP contribution in [0.15, 0.2) is 77.7 Å². The molecule has 0 unspecified atom stereocenters. The fraction of sp³-hybridized carbons (Fsp3) is 0.240. The van der Waals surface area contributed by atoms with E-state index < -0.39 is 0 Å². The standard InChI is InChI=1S/C25H25NO3S/c1-26(25(27)24-15-20-10-6-7-11-23(20)30-24)16-19-12-13-21(22(14-19)28-2)29-17-18-8-4-3-5-9-18/h3-14,24H,15-17H2,1-2H3/t24-/m0/s1. The summed E-state index contributed by atoms with van der Waals surface area (Å²) in [4.78, 5) is 16.0. The minimum absolute atomic E-state index is 0.0530. The summed E-state index contributed by atoms with van der Waals surface area (Å²) in [6, 6.07) is 24.1. The van der Waals surface area contributed by atoms with E-state index in [0.717, 1.165) is 17.5 Å². The van der Waals surface area contributed by atoms with E-state index in [-0.39, 0.29) is 11.2 Å². The fourth-order valence-electron chi connectivity index (χ4n) is 3.58. The zero-order valence-electron chi connectivity index (χ0n) is 17.2. The first kappa shape index (κ1) is 20.4. The van der Waals surface area contributed by atoms with Gasteiger partial charge in [0.1, 0.15) is 6.61 Å². The van der Waals surface area contributed by atoms with E-state index >= 15 is 0 Å². The Bertz CT molecular complexity index is 997. The van der Waals surface area contributed by atoms with Gasteiger partial charge in [0.05, 0.1) is 12.4 Å². The number of hydrogen-bond acceptors (Lipinski definition) is 4. The van der Waals surface area contributed by atoms with Gasteiger partial charge >= 0.3 is 0 Å². The smallest absolute Gasteiger partial charge is 0.236 e. The van der Waals surface area contributed by atoms with E-state index in [9.17, 15) is 4.79 Å². The number of amides is 1. The molecule has 5 heteroatoms. The summed E-state index contributed by atoms with van der Waals surface area (Å²) in [6.45, 7) is 1.01. The summed E-state index contributed by atoms with van der Waals surface area (Å²) in [5.41, 5.74) is 3.37. The maximum absolute atomic E-state index is 12.9. The first-order valence-electron chi connectivity index (χ1n) is 9.97. The number of benzene rings is 3. The van der Waals surface area contributed by atoms with Gasteiger partial charge < -0.3 is 14.4 Å². The Hall–Kier alpha value is -2.92. The molecular weight excluding hydrogens is 394 g/mol. The summed E-state index contributed by atoms with van der Waals surface area (Å²) in [5, 5.41) is -0.0530. The Morgan fingerprint density at radius 1 is 1.00 bits per heavy atom. The van der Waals surface area contributed by atoms with Crippen molar-refractivity contribution in [1.29, 1.82) is 0 Å². The summed E-state index contributed by atoms with van der Waals surface area (Å²) in [5.74, 6) is 1.52. The predicted octanol–water partition coefficient (Wildman–Crippen LogP) is 4.95. The van der Waals surface area contributed by atoms with Crippen LogP contribution in [0.2, 0.25) is 0 Å². The predicted molar refractivity (Wildman–Crippen MR) is 120 cm³/mol. The Morgan fingerprint density at radius 2 is 1.77 bits per heavy atom. The van der Waals surface area contributed by atoms with E-state index in [1.165, 1.54) is 10.5 Å². The molecular formula is C25H25NO3S. The van der Waals surface area contributed by atoms with Gasteiger partial charge in [0.2, 0.25) is 5.91 Å². The molecule has 0 saturated heterocycles. The molecule has 1 aliphatic rings. The number of carbonyl (C=O) groups excluding carboxylic acids is 1. The number of ether oxygens (including phenoxy) is 2. The summed E-state index contributed by atoms with van der Waals surface area (Å²) < 4.78 is 11.5. The largest absolute Gasteiger partial charge is 0.493 e. The molecule has 3 aromatic carbocycles. The van der Waals surface area contributed by atoms with Crippen molar-refractivity contribution in [2.24, 2.45) is 0 Å². The van der Waals surface area contributed by atoms with Crippen LogP contribution < -0.4 is 9.47 Å². The highest BCUT2D eigenvalue weighted by Gasteiger charge is 2.30. The number of thioether (sulfide) groups is 1. The zero-order valence-corrected chi connectivity index (χ0v) is 18.0. The van der Waals surface area contributed by atoms with Gasteiger partial charge in [-0.25, -0.2) is 0 Å². The van der Waals surface area contributed by atoms with Gasteiger partial charge in [0.15, 0.2) is 11.5 Å². The molecule has 0 aromatic heterocycles. The molecule has 0 radical (unpaired) electrons. The third kappa shape index (κ3) is 4.62. The quantitative estimate of drug-likeness (QED) is 0.543. The highest BCUT2D eigenvalue weighted by Crippen LogP contribution is 2.37. The zero-order chi connectivity index (χ0) is 20.9. The summed E-state index contributed by atoms with van der Waals surface area (Å²) >= 11 is 1.66. The molecule has 3 aromatic rings. The van der Waals surface area contributed by atoms with Crippen LogP contribution in [0.4, 0.5) is 0 Å². The number of carbonyl (C=O) groups is 1. The topological polar surface area (TPSA) is 38.8 Å². The number of nitrogens with zero attached hydrogens (tertiary/aromatic N) is 1. The van der Waals surface area contributed by atoms with Crippen molar-refractivity contribution in [2.75, 3.05) is 14.2 Å². The van der Waals surface area contributed by atoms with E-state index in [2.05, 4.69) is 12.1 Å². The molecule has 0 fully saturated rings. The minimum atomic E-state index is -0.0530. The van der Waals surface area contributed by atoms with E-state index in [0.29, 0.717) is 24.7 Å². The van der Waals surface area contributed by atoms with Gasteiger partial charge in [-0.3, -0.25) is 4.79 Å². The lowest BCUT2D eigenvalue weighted by atomic mass is 10.1. The SMILES string of the molecule is COc1cc(CN(C)C(=O)[C@@H]2Cc3ccccc3S2)ccc1OCc1ccccc1. The first-order chi connectivity index (χ1) is 14.6. The van der Waals surface area contributed by atoms with E-state index in [1.54, 1.807) is 23.8 Å². The van der Waals surface area contributed by atoms with Crippen LogP contribution >= 0.6 is 11.8 Å². The van der Waals surface area contributed by atoms with E-state index in [1.807, 2.05) is 67.7 Å². The molecule has 1 atom stereocenters. The normalized spacial score (nSPS) is 14.8. The molecule has 4 nitrogen and oxygen atoms in total. The summed E-state index contributed by atoms with van der Waals surface area (Å²) in [6.07, 6.45) is 0.791. The van der Waals surface area contributed by atoms with Crippen molar-refractivity contribution in [2.45, 2.75) is 29.7 Å². The maximum atomic E-state index is 12.9. The molecule has 0 aliphatic carbocycles. The minimum Gasteiger partial charge on any atom is -0.493 e. The molecule has 1 amide bonds. The Labute approximate surface area is 181 Å². The second-order valence-corrected chi connectivity index (χ2v) is 8.62. The molecule has 154 valence electrons. The highest BCUT2D eigenvalue weighted by atomic mass is 32.2.